The Bertz CT molecular complexity index is 725. The van der Waals surface area contributed by atoms with E-state index >= 15 is 0 Å². The van der Waals surface area contributed by atoms with Gasteiger partial charge in [0, 0.05) is 5.69 Å². The summed E-state index contributed by atoms with van der Waals surface area (Å²) in [6.07, 6.45) is 0.461. The predicted octanol–water partition coefficient (Wildman–Crippen LogP) is 3.57. The summed E-state index contributed by atoms with van der Waals surface area (Å²) < 4.78 is 5.30. The Hall–Kier alpha value is -2.37. The molecule has 0 fully saturated rings. The van der Waals surface area contributed by atoms with Gasteiger partial charge in [0.15, 0.2) is 0 Å². The fraction of sp³-hybridized carbons (Fsp3) is 0.300. The zero-order chi connectivity index (χ0) is 18.4. The lowest BCUT2D eigenvalue weighted by Crippen LogP contribution is -2.37. The highest BCUT2D eigenvalue weighted by molar-refractivity contribution is 5.96. The van der Waals surface area contributed by atoms with Crippen molar-refractivity contribution in [1.82, 2.24) is 0 Å². The Kier molecular flexibility index (Phi) is 7.80. The largest absolute Gasteiger partial charge is 0.456 e. The Balaban J connectivity index is 0.00000338. The number of amides is 1. The molecule has 0 radical (unpaired) electrons. The number of ether oxygens (including phenoxy) is 1. The van der Waals surface area contributed by atoms with Gasteiger partial charge >= 0.3 is 5.97 Å². The SMILES string of the molecule is CC(C)(C)OC(=O)c1ccc(NC(=O)[C@@H](N)Cc2ccccc2)cc1.Cl. The Morgan fingerprint density at radius 2 is 1.62 bits per heavy atom. The molecule has 140 valence electrons. The van der Waals surface area contributed by atoms with Crippen molar-refractivity contribution in [3.05, 3.63) is 65.7 Å². The first kappa shape index (κ1) is 21.7. The minimum atomic E-state index is -0.645. The van der Waals surface area contributed by atoms with Crippen molar-refractivity contribution in [2.45, 2.75) is 38.8 Å². The van der Waals surface area contributed by atoms with Gasteiger partial charge < -0.3 is 15.8 Å². The smallest absolute Gasteiger partial charge is 0.338 e. The number of anilines is 1. The molecule has 0 spiro atoms. The molecule has 0 heterocycles. The van der Waals surface area contributed by atoms with E-state index in [9.17, 15) is 9.59 Å². The number of esters is 1. The topological polar surface area (TPSA) is 81.4 Å². The van der Waals surface area contributed by atoms with Gasteiger partial charge in [-0.15, -0.1) is 12.4 Å². The lowest BCUT2D eigenvalue weighted by Gasteiger charge is -2.19. The molecular formula is C20H25ClN2O3. The highest BCUT2D eigenvalue weighted by Crippen LogP contribution is 2.15. The summed E-state index contributed by atoms with van der Waals surface area (Å²) in [5.74, 6) is -0.667. The van der Waals surface area contributed by atoms with E-state index in [1.54, 1.807) is 24.3 Å². The Morgan fingerprint density at radius 3 is 2.15 bits per heavy atom. The van der Waals surface area contributed by atoms with Crippen molar-refractivity contribution in [2.75, 3.05) is 5.32 Å². The van der Waals surface area contributed by atoms with Crippen LogP contribution in [0.2, 0.25) is 0 Å². The molecule has 3 N–H and O–H groups in total. The molecule has 0 saturated heterocycles. The maximum absolute atomic E-state index is 12.2. The van der Waals surface area contributed by atoms with Gasteiger partial charge in [-0.1, -0.05) is 30.3 Å². The molecule has 1 amide bonds. The van der Waals surface area contributed by atoms with Crippen molar-refractivity contribution in [3.8, 4) is 0 Å². The molecule has 1 atom stereocenters. The number of benzene rings is 2. The fourth-order valence-corrected chi connectivity index (χ4v) is 2.22. The maximum Gasteiger partial charge on any atom is 0.338 e. The number of carbonyl (C=O) groups is 2. The summed E-state index contributed by atoms with van der Waals surface area (Å²) in [7, 11) is 0. The Morgan fingerprint density at radius 1 is 1.04 bits per heavy atom. The van der Waals surface area contributed by atoms with Crippen molar-refractivity contribution in [3.63, 3.8) is 0 Å². The van der Waals surface area contributed by atoms with Crippen LogP contribution in [0.25, 0.3) is 0 Å². The summed E-state index contributed by atoms with van der Waals surface area (Å²) in [6, 6.07) is 15.5. The number of carbonyl (C=O) groups excluding carboxylic acids is 2. The van der Waals surface area contributed by atoms with Gasteiger partial charge in [0.25, 0.3) is 0 Å². The molecule has 2 aromatic carbocycles. The van der Waals surface area contributed by atoms with E-state index in [4.69, 9.17) is 10.5 Å². The van der Waals surface area contributed by atoms with E-state index < -0.39 is 17.6 Å². The lowest BCUT2D eigenvalue weighted by molar-refractivity contribution is -0.117. The molecule has 6 heteroatoms. The predicted molar refractivity (Wildman–Crippen MR) is 106 cm³/mol. The minimum Gasteiger partial charge on any atom is -0.456 e. The third-order valence-corrected chi connectivity index (χ3v) is 3.42. The number of halogens is 1. The lowest BCUT2D eigenvalue weighted by atomic mass is 10.1. The van der Waals surface area contributed by atoms with Crippen molar-refractivity contribution in [2.24, 2.45) is 5.73 Å². The molecule has 0 aromatic heterocycles. The second-order valence-corrected chi connectivity index (χ2v) is 6.86. The van der Waals surface area contributed by atoms with Crippen LogP contribution in [0.3, 0.4) is 0 Å². The maximum atomic E-state index is 12.2. The minimum absolute atomic E-state index is 0. The van der Waals surface area contributed by atoms with Crippen molar-refractivity contribution in [1.29, 1.82) is 0 Å². The Labute approximate surface area is 160 Å². The summed E-state index contributed by atoms with van der Waals surface area (Å²) in [5.41, 5.74) is 7.43. The van der Waals surface area contributed by atoms with Gasteiger partial charge in [-0.3, -0.25) is 4.79 Å². The molecule has 5 nitrogen and oxygen atoms in total. The highest BCUT2D eigenvalue weighted by atomic mass is 35.5. The van der Waals surface area contributed by atoms with Crippen LogP contribution in [-0.4, -0.2) is 23.5 Å². The molecule has 0 saturated carbocycles. The molecule has 0 aliphatic rings. The molecule has 2 aromatic rings. The highest BCUT2D eigenvalue weighted by Gasteiger charge is 2.18. The molecule has 2 rings (SSSR count). The van der Waals surface area contributed by atoms with E-state index in [0.717, 1.165) is 5.56 Å². The van der Waals surface area contributed by atoms with Gasteiger partial charge in [-0.05, 0) is 57.0 Å². The number of nitrogens with two attached hydrogens (primary N) is 1. The summed E-state index contributed by atoms with van der Waals surface area (Å²) in [6.45, 7) is 5.44. The first-order chi connectivity index (χ1) is 11.7. The molecule has 0 aliphatic carbocycles. The zero-order valence-corrected chi connectivity index (χ0v) is 16.0. The summed E-state index contributed by atoms with van der Waals surface area (Å²) in [5, 5.41) is 2.76. The third-order valence-electron chi connectivity index (χ3n) is 3.42. The van der Waals surface area contributed by atoms with Crippen LogP contribution in [0.15, 0.2) is 54.6 Å². The van der Waals surface area contributed by atoms with Crippen LogP contribution >= 0.6 is 12.4 Å². The molecule has 0 unspecified atom stereocenters. The zero-order valence-electron chi connectivity index (χ0n) is 15.2. The first-order valence-electron chi connectivity index (χ1n) is 8.18. The van der Waals surface area contributed by atoms with Gasteiger partial charge in [-0.2, -0.15) is 0 Å². The van der Waals surface area contributed by atoms with Crippen molar-refractivity contribution >= 4 is 30.0 Å². The molecule has 0 bridgehead atoms. The van der Waals surface area contributed by atoms with Gasteiger partial charge in [0.05, 0.1) is 11.6 Å². The van der Waals surface area contributed by atoms with Crippen molar-refractivity contribution < 1.29 is 14.3 Å². The molecule has 0 aliphatic heterocycles. The number of hydrogen-bond donors (Lipinski definition) is 2. The second kappa shape index (κ2) is 9.36. The van der Waals surface area contributed by atoms with Gasteiger partial charge in [0.1, 0.15) is 5.60 Å². The van der Waals surface area contributed by atoms with Crippen LogP contribution in [-0.2, 0) is 16.0 Å². The standard InChI is InChI=1S/C20H24N2O3.ClH/c1-20(2,3)25-19(24)15-9-11-16(12-10-15)22-18(23)17(21)13-14-7-5-4-6-8-14;/h4-12,17H,13,21H2,1-3H3,(H,22,23);1H/t17-;/m0./s1. The quantitative estimate of drug-likeness (QED) is 0.781. The van der Waals surface area contributed by atoms with E-state index in [1.165, 1.54) is 0 Å². The van der Waals surface area contributed by atoms with Gasteiger partial charge in [0.2, 0.25) is 5.91 Å². The normalized spacial score (nSPS) is 11.8. The number of hydrogen-bond acceptors (Lipinski definition) is 4. The van der Waals surface area contributed by atoms with Crippen LogP contribution in [0.5, 0.6) is 0 Å². The summed E-state index contributed by atoms with van der Waals surface area (Å²) >= 11 is 0. The molecular weight excluding hydrogens is 352 g/mol. The summed E-state index contributed by atoms with van der Waals surface area (Å²) in [4.78, 5) is 24.2. The second-order valence-electron chi connectivity index (χ2n) is 6.86. The first-order valence-corrected chi connectivity index (χ1v) is 8.18. The molecule has 26 heavy (non-hydrogen) atoms. The average molecular weight is 377 g/mol. The number of nitrogens with one attached hydrogen (secondary N) is 1. The third kappa shape index (κ3) is 6.86. The average Bonchev–Trinajstić information content (AvgIpc) is 2.54. The fourth-order valence-electron chi connectivity index (χ4n) is 2.22. The van der Waals surface area contributed by atoms with Crippen LogP contribution in [0, 0.1) is 0 Å². The van der Waals surface area contributed by atoms with E-state index in [1.807, 2.05) is 51.1 Å². The van der Waals surface area contributed by atoms with E-state index in [0.29, 0.717) is 17.7 Å². The van der Waals surface area contributed by atoms with Crippen LogP contribution in [0.4, 0.5) is 5.69 Å². The van der Waals surface area contributed by atoms with E-state index in [-0.39, 0.29) is 18.3 Å². The van der Waals surface area contributed by atoms with Crippen LogP contribution in [0.1, 0.15) is 36.7 Å². The van der Waals surface area contributed by atoms with Gasteiger partial charge in [-0.25, -0.2) is 4.79 Å². The monoisotopic (exact) mass is 376 g/mol. The van der Waals surface area contributed by atoms with E-state index in [2.05, 4.69) is 5.32 Å². The van der Waals surface area contributed by atoms with Crippen LogP contribution < -0.4 is 11.1 Å². The number of rotatable bonds is 5.